The largest absolute Gasteiger partial charge is 0.466 e. The molecule has 0 saturated carbocycles. The fourth-order valence-electron chi connectivity index (χ4n) is 3.55. The Bertz CT molecular complexity index is 798. The molecule has 41 heavy (non-hydrogen) atoms. The van der Waals surface area contributed by atoms with Crippen LogP contribution in [0.3, 0.4) is 0 Å². The number of carbonyl (C=O) groups excluding carboxylic acids is 6. The van der Waals surface area contributed by atoms with Crippen molar-refractivity contribution in [2.75, 3.05) is 26.4 Å². The van der Waals surface area contributed by atoms with E-state index in [0.717, 1.165) is 51.4 Å². The Labute approximate surface area is 242 Å². The molecule has 0 radical (unpaired) electrons. The third kappa shape index (κ3) is 18.7. The highest BCUT2D eigenvalue weighted by Gasteiger charge is 2.25. The summed E-state index contributed by atoms with van der Waals surface area (Å²) in [5, 5.41) is 0. The Balaban J connectivity index is 0.000000247. The van der Waals surface area contributed by atoms with Gasteiger partial charge in [0.2, 0.25) is 0 Å². The fourth-order valence-corrected chi connectivity index (χ4v) is 3.55. The molecule has 6 aliphatic rings. The van der Waals surface area contributed by atoms with Crippen molar-refractivity contribution in [3.05, 3.63) is 0 Å². The minimum absolute atomic E-state index is 0.0255. The van der Waals surface area contributed by atoms with Crippen LogP contribution in [0.5, 0.6) is 0 Å². The predicted molar refractivity (Wildman–Crippen MR) is 144 cm³/mol. The van der Waals surface area contributed by atoms with Crippen molar-refractivity contribution in [2.45, 2.75) is 116 Å². The van der Waals surface area contributed by atoms with Crippen LogP contribution in [-0.2, 0) is 57.2 Å². The lowest BCUT2D eigenvalue weighted by Gasteiger charge is -2.23. The molecule has 6 aliphatic heterocycles. The Kier molecular flexibility index (Phi) is 18.8. The highest BCUT2D eigenvalue weighted by molar-refractivity contribution is 5.75. The predicted octanol–water partition coefficient (Wildman–Crippen LogP) is 3.74. The molecule has 3 atom stereocenters. The lowest BCUT2D eigenvalue weighted by molar-refractivity contribution is -0.169. The van der Waals surface area contributed by atoms with Crippen LogP contribution in [-0.4, -0.2) is 74.5 Å². The minimum atomic E-state index is -0.0671. The molecular formula is C29H46O12. The van der Waals surface area contributed by atoms with Gasteiger partial charge in [0.05, 0.1) is 45.2 Å². The maximum Gasteiger partial charge on any atom is 0.309 e. The van der Waals surface area contributed by atoms with Gasteiger partial charge in [0.15, 0.2) is 0 Å². The number of rotatable bonds is 1. The summed E-state index contributed by atoms with van der Waals surface area (Å²) >= 11 is 0. The number of esters is 6. The molecule has 0 aromatic carbocycles. The number of carbonyl (C=O) groups is 6. The quantitative estimate of drug-likeness (QED) is 0.324. The van der Waals surface area contributed by atoms with Gasteiger partial charge in [-0.05, 0) is 58.3 Å². The van der Waals surface area contributed by atoms with E-state index in [-0.39, 0.29) is 53.9 Å². The van der Waals surface area contributed by atoms with E-state index in [1.165, 1.54) is 0 Å². The van der Waals surface area contributed by atoms with Gasteiger partial charge in [-0.1, -0.05) is 13.8 Å². The van der Waals surface area contributed by atoms with E-state index < -0.39 is 0 Å². The number of ether oxygens (including phenoxy) is 6. The Morgan fingerprint density at radius 2 is 1.02 bits per heavy atom. The van der Waals surface area contributed by atoms with Crippen LogP contribution >= 0.6 is 0 Å². The second-order valence-corrected chi connectivity index (χ2v) is 10.1. The van der Waals surface area contributed by atoms with Gasteiger partial charge in [-0.2, -0.15) is 0 Å². The standard InChI is InChI=1S/C6H10O2.3C5H8O2.2C4H6O2/c7-6-4-2-1-3-5-8-6;1-4-2-3-7-5(4)6;1-2-4-3-5(6)7-4;6-5-3-1-2-4-7-5;1-3-2-4(5)6-3;5-4-2-1-3-6-4/h1-5H2;2*4H,2-3H2,1H3;1-4H2;3H,2H2,1H3;1-3H2. The Hall–Kier alpha value is -3.18. The van der Waals surface area contributed by atoms with Crippen LogP contribution in [0.4, 0.5) is 0 Å². The summed E-state index contributed by atoms with van der Waals surface area (Å²) < 4.78 is 27.7. The molecule has 0 aromatic heterocycles. The number of cyclic esters (lactones) is 6. The van der Waals surface area contributed by atoms with Crippen LogP contribution in [0.1, 0.15) is 104 Å². The summed E-state index contributed by atoms with van der Waals surface area (Å²) in [7, 11) is 0. The molecule has 0 aromatic rings. The van der Waals surface area contributed by atoms with Crippen LogP contribution in [0.2, 0.25) is 0 Å². The van der Waals surface area contributed by atoms with Crippen molar-refractivity contribution >= 4 is 35.8 Å². The third-order valence-electron chi connectivity index (χ3n) is 6.25. The lowest BCUT2D eigenvalue weighted by atomic mass is 10.1. The average Bonchev–Trinajstić information content (AvgIpc) is 3.48. The van der Waals surface area contributed by atoms with Gasteiger partial charge in [-0.25, -0.2) is 0 Å². The van der Waals surface area contributed by atoms with Crippen LogP contribution in [0.25, 0.3) is 0 Å². The number of hydrogen-bond acceptors (Lipinski definition) is 12. The smallest absolute Gasteiger partial charge is 0.309 e. The molecule has 6 saturated heterocycles. The van der Waals surface area contributed by atoms with E-state index >= 15 is 0 Å². The average molecular weight is 587 g/mol. The zero-order valence-corrected chi connectivity index (χ0v) is 24.7. The van der Waals surface area contributed by atoms with Gasteiger partial charge in [0.1, 0.15) is 12.2 Å². The highest BCUT2D eigenvalue weighted by atomic mass is 16.6. The van der Waals surface area contributed by atoms with Crippen molar-refractivity contribution in [3.63, 3.8) is 0 Å². The van der Waals surface area contributed by atoms with Gasteiger partial charge in [0.25, 0.3) is 0 Å². The zero-order chi connectivity index (χ0) is 30.5. The SMILES string of the molecule is CC1CC(=O)O1.CC1CCOC1=O.CCC1CC(=O)O1.O=C1CCCCCO1.O=C1CCCCO1.O=C1CCCO1. The van der Waals surface area contributed by atoms with Gasteiger partial charge < -0.3 is 28.4 Å². The summed E-state index contributed by atoms with van der Waals surface area (Å²) in [6, 6.07) is 0. The first-order valence-corrected chi connectivity index (χ1v) is 14.6. The molecular weight excluding hydrogens is 540 g/mol. The van der Waals surface area contributed by atoms with Crippen molar-refractivity contribution in [1.29, 1.82) is 0 Å². The molecule has 6 rings (SSSR count). The molecule has 0 spiro atoms. The molecule has 3 unspecified atom stereocenters. The van der Waals surface area contributed by atoms with Crippen LogP contribution in [0.15, 0.2) is 0 Å². The van der Waals surface area contributed by atoms with Crippen molar-refractivity contribution < 1.29 is 57.2 Å². The summed E-state index contributed by atoms with van der Waals surface area (Å²) in [5.41, 5.74) is 0. The fraction of sp³-hybridized carbons (Fsp3) is 0.793. The molecule has 0 bridgehead atoms. The molecule has 0 aliphatic carbocycles. The number of hydrogen-bond donors (Lipinski definition) is 0. The van der Waals surface area contributed by atoms with Crippen molar-refractivity contribution in [1.82, 2.24) is 0 Å². The first kappa shape index (κ1) is 35.8. The Morgan fingerprint density at radius 1 is 0.561 bits per heavy atom. The first-order valence-electron chi connectivity index (χ1n) is 14.6. The first-order chi connectivity index (χ1) is 19.6. The molecule has 0 amide bonds. The third-order valence-corrected chi connectivity index (χ3v) is 6.25. The van der Waals surface area contributed by atoms with E-state index in [0.29, 0.717) is 58.5 Å². The van der Waals surface area contributed by atoms with Crippen molar-refractivity contribution in [2.24, 2.45) is 5.92 Å². The lowest BCUT2D eigenvalue weighted by Crippen LogP contribution is -2.31. The maximum absolute atomic E-state index is 10.5. The molecule has 234 valence electrons. The molecule has 6 fully saturated rings. The van der Waals surface area contributed by atoms with Gasteiger partial charge >= 0.3 is 35.8 Å². The molecule has 12 nitrogen and oxygen atoms in total. The summed E-state index contributed by atoms with van der Waals surface area (Å²) in [6.07, 6.45) is 11.6. The second kappa shape index (κ2) is 21.6. The highest BCUT2D eigenvalue weighted by Crippen LogP contribution is 2.15. The molecule has 12 heteroatoms. The van der Waals surface area contributed by atoms with Gasteiger partial charge in [-0.3, -0.25) is 28.8 Å². The minimum Gasteiger partial charge on any atom is -0.466 e. The van der Waals surface area contributed by atoms with Gasteiger partial charge in [0, 0.05) is 19.3 Å². The Morgan fingerprint density at radius 3 is 1.29 bits per heavy atom. The topological polar surface area (TPSA) is 158 Å². The van der Waals surface area contributed by atoms with Crippen molar-refractivity contribution in [3.8, 4) is 0 Å². The summed E-state index contributed by atoms with van der Waals surface area (Å²) in [6.45, 7) is 8.31. The molecule has 0 N–H and O–H groups in total. The summed E-state index contributed by atoms with van der Waals surface area (Å²) in [4.78, 5) is 61.0. The monoisotopic (exact) mass is 586 g/mol. The summed E-state index contributed by atoms with van der Waals surface area (Å²) in [5.74, 6) is -0.113. The zero-order valence-electron chi connectivity index (χ0n) is 24.7. The van der Waals surface area contributed by atoms with E-state index in [1.807, 2.05) is 20.8 Å². The van der Waals surface area contributed by atoms with Crippen LogP contribution < -0.4 is 0 Å². The second-order valence-electron chi connectivity index (χ2n) is 10.1. The van der Waals surface area contributed by atoms with E-state index in [9.17, 15) is 28.8 Å². The van der Waals surface area contributed by atoms with Gasteiger partial charge in [-0.15, -0.1) is 0 Å². The van der Waals surface area contributed by atoms with E-state index in [1.54, 1.807) is 0 Å². The van der Waals surface area contributed by atoms with Crippen LogP contribution in [0, 0.1) is 5.92 Å². The van der Waals surface area contributed by atoms with E-state index in [2.05, 4.69) is 23.7 Å². The normalized spacial score (nSPS) is 25.7. The van der Waals surface area contributed by atoms with E-state index in [4.69, 9.17) is 4.74 Å². The maximum atomic E-state index is 10.5. The molecule has 6 heterocycles.